The Morgan fingerprint density at radius 2 is 1.80 bits per heavy atom. The highest BCUT2D eigenvalue weighted by molar-refractivity contribution is 6.42. The number of carbonyl (C=O) groups is 1. The van der Waals surface area contributed by atoms with Gasteiger partial charge in [0.15, 0.2) is 0 Å². The average Bonchev–Trinajstić information content (AvgIpc) is 2.58. The van der Waals surface area contributed by atoms with E-state index in [2.05, 4.69) is 10.6 Å². The van der Waals surface area contributed by atoms with E-state index < -0.39 is 0 Å². The smallest absolute Gasteiger partial charge is 0.319 e. The van der Waals surface area contributed by atoms with Crippen molar-refractivity contribution in [2.75, 3.05) is 33.1 Å². The minimum absolute atomic E-state index is 0.0328. The molecule has 0 radical (unpaired) electrons. The molecule has 5 nitrogen and oxygen atoms in total. The van der Waals surface area contributed by atoms with Crippen molar-refractivity contribution < 1.29 is 9.53 Å². The molecule has 2 rings (SSSR count). The molecule has 0 heterocycles. The van der Waals surface area contributed by atoms with Gasteiger partial charge in [0.05, 0.1) is 23.2 Å². The third-order valence-electron chi connectivity index (χ3n) is 3.76. The Labute approximate surface area is 157 Å². The molecule has 1 atom stereocenters. The topological polar surface area (TPSA) is 53.6 Å². The van der Waals surface area contributed by atoms with E-state index in [0.29, 0.717) is 22.3 Å². The monoisotopic (exact) mass is 381 g/mol. The van der Waals surface area contributed by atoms with E-state index in [1.165, 1.54) is 0 Å². The van der Waals surface area contributed by atoms with E-state index in [1.54, 1.807) is 25.3 Å². The Morgan fingerprint density at radius 3 is 2.36 bits per heavy atom. The number of nitrogens with zero attached hydrogens (tertiary/aromatic N) is 1. The van der Waals surface area contributed by atoms with Crippen LogP contribution in [0.25, 0.3) is 0 Å². The van der Waals surface area contributed by atoms with Crippen molar-refractivity contribution in [1.82, 2.24) is 10.2 Å². The van der Waals surface area contributed by atoms with Gasteiger partial charge in [0.1, 0.15) is 5.75 Å². The maximum Gasteiger partial charge on any atom is 0.319 e. The third-order valence-corrected chi connectivity index (χ3v) is 4.50. The summed E-state index contributed by atoms with van der Waals surface area (Å²) in [5.41, 5.74) is 1.67. The Hall–Kier alpha value is -1.95. The maximum absolute atomic E-state index is 12.1. The van der Waals surface area contributed by atoms with Crippen molar-refractivity contribution in [3.63, 3.8) is 0 Å². The number of amides is 2. The first-order valence-electron chi connectivity index (χ1n) is 7.71. The molecule has 25 heavy (non-hydrogen) atoms. The zero-order valence-electron chi connectivity index (χ0n) is 14.3. The lowest BCUT2D eigenvalue weighted by Crippen LogP contribution is -2.36. The Balaban J connectivity index is 1.97. The second kappa shape index (κ2) is 8.94. The molecule has 0 aliphatic heterocycles. The first-order valence-corrected chi connectivity index (χ1v) is 8.46. The summed E-state index contributed by atoms with van der Waals surface area (Å²) < 4.78 is 5.18. The van der Waals surface area contributed by atoms with Gasteiger partial charge in [-0.05, 0) is 50.0 Å². The normalized spacial score (nSPS) is 11.9. The van der Waals surface area contributed by atoms with Crippen molar-refractivity contribution in [2.24, 2.45) is 0 Å². The zero-order valence-corrected chi connectivity index (χ0v) is 15.9. The molecule has 134 valence electrons. The number of likely N-dealkylation sites (N-methyl/N-ethyl adjacent to an activating group) is 1. The number of hydrogen-bond acceptors (Lipinski definition) is 3. The number of methoxy groups -OCH3 is 1. The highest BCUT2D eigenvalue weighted by atomic mass is 35.5. The van der Waals surface area contributed by atoms with Crippen LogP contribution in [0.2, 0.25) is 10.0 Å². The fourth-order valence-corrected chi connectivity index (χ4v) is 2.66. The summed E-state index contributed by atoms with van der Waals surface area (Å²) in [4.78, 5) is 14.2. The quantitative estimate of drug-likeness (QED) is 0.777. The van der Waals surface area contributed by atoms with Gasteiger partial charge in [-0.15, -0.1) is 0 Å². The van der Waals surface area contributed by atoms with Crippen LogP contribution >= 0.6 is 23.2 Å². The summed E-state index contributed by atoms with van der Waals surface area (Å²) in [5.74, 6) is 0.798. The number of hydrogen-bond donors (Lipinski definition) is 2. The maximum atomic E-state index is 12.1. The van der Waals surface area contributed by atoms with Crippen LogP contribution in [0.15, 0.2) is 42.5 Å². The minimum Gasteiger partial charge on any atom is -0.497 e. The van der Waals surface area contributed by atoms with E-state index in [0.717, 1.165) is 11.3 Å². The van der Waals surface area contributed by atoms with Crippen LogP contribution < -0.4 is 15.4 Å². The van der Waals surface area contributed by atoms with Crippen molar-refractivity contribution in [2.45, 2.75) is 6.04 Å². The molecule has 0 aliphatic carbocycles. The highest BCUT2D eigenvalue weighted by Gasteiger charge is 2.15. The lowest BCUT2D eigenvalue weighted by atomic mass is 10.1. The summed E-state index contributed by atoms with van der Waals surface area (Å²) in [6, 6.07) is 12.5. The van der Waals surface area contributed by atoms with Gasteiger partial charge >= 0.3 is 6.03 Å². The van der Waals surface area contributed by atoms with Gasteiger partial charge in [-0.1, -0.05) is 35.3 Å². The predicted molar refractivity (Wildman–Crippen MR) is 103 cm³/mol. The Kier molecular flexibility index (Phi) is 6.93. The molecular weight excluding hydrogens is 361 g/mol. The molecule has 2 aromatic rings. The number of benzene rings is 2. The highest BCUT2D eigenvalue weighted by Crippen LogP contribution is 2.25. The second-order valence-corrected chi connectivity index (χ2v) is 6.53. The van der Waals surface area contributed by atoms with E-state index >= 15 is 0 Å². The van der Waals surface area contributed by atoms with Gasteiger partial charge in [0.25, 0.3) is 0 Å². The first-order chi connectivity index (χ1) is 11.9. The molecule has 0 spiro atoms. The number of carbonyl (C=O) groups excluding carboxylic acids is 1. The standard InChI is InChI=1S/C18H21Cl2N3O2/c1-23(2)17(12-4-7-14(25-3)8-5-12)11-21-18(24)22-13-6-9-15(19)16(20)10-13/h4-10,17H,11H2,1-3H3,(H2,21,22,24). The van der Waals surface area contributed by atoms with Gasteiger partial charge in [0.2, 0.25) is 0 Å². The minimum atomic E-state index is -0.307. The lowest BCUT2D eigenvalue weighted by Gasteiger charge is -2.25. The third kappa shape index (κ3) is 5.53. The zero-order chi connectivity index (χ0) is 18.4. The number of halogens is 2. The molecule has 0 fully saturated rings. The van der Waals surface area contributed by atoms with Gasteiger partial charge in [0, 0.05) is 12.2 Å². The largest absolute Gasteiger partial charge is 0.497 e. The van der Waals surface area contributed by atoms with Crippen LogP contribution in [0, 0.1) is 0 Å². The summed E-state index contributed by atoms with van der Waals surface area (Å²) >= 11 is 11.8. The number of rotatable bonds is 6. The molecule has 0 saturated heterocycles. The van der Waals surface area contributed by atoms with E-state index in [1.807, 2.05) is 43.3 Å². The van der Waals surface area contributed by atoms with Crippen molar-refractivity contribution in [3.05, 3.63) is 58.1 Å². The van der Waals surface area contributed by atoms with Crippen LogP contribution in [0.4, 0.5) is 10.5 Å². The van der Waals surface area contributed by atoms with Crippen molar-refractivity contribution in [1.29, 1.82) is 0 Å². The fourth-order valence-electron chi connectivity index (χ4n) is 2.36. The Bertz CT molecular complexity index is 721. The number of nitrogens with one attached hydrogen (secondary N) is 2. The van der Waals surface area contributed by atoms with Gasteiger partial charge in [-0.3, -0.25) is 0 Å². The van der Waals surface area contributed by atoms with Crippen LogP contribution in [-0.2, 0) is 0 Å². The second-order valence-electron chi connectivity index (χ2n) is 5.72. The molecule has 2 aromatic carbocycles. The number of urea groups is 1. The fraction of sp³-hybridized carbons (Fsp3) is 0.278. The predicted octanol–water partition coefficient (Wildman–Crippen LogP) is 4.43. The molecule has 7 heteroatoms. The Morgan fingerprint density at radius 1 is 1.12 bits per heavy atom. The SMILES string of the molecule is COc1ccc(C(CNC(=O)Nc2ccc(Cl)c(Cl)c2)N(C)C)cc1. The van der Waals surface area contributed by atoms with Crippen LogP contribution in [0.5, 0.6) is 5.75 Å². The van der Waals surface area contributed by atoms with Gasteiger partial charge in [-0.2, -0.15) is 0 Å². The number of anilines is 1. The number of ether oxygens (including phenoxy) is 1. The molecular formula is C18H21Cl2N3O2. The molecule has 1 unspecified atom stereocenters. The molecule has 0 saturated carbocycles. The average molecular weight is 382 g/mol. The van der Waals surface area contributed by atoms with E-state index in [4.69, 9.17) is 27.9 Å². The lowest BCUT2D eigenvalue weighted by molar-refractivity contribution is 0.243. The van der Waals surface area contributed by atoms with E-state index in [-0.39, 0.29) is 12.1 Å². The van der Waals surface area contributed by atoms with Crippen LogP contribution in [0.3, 0.4) is 0 Å². The van der Waals surface area contributed by atoms with Crippen molar-refractivity contribution >= 4 is 34.9 Å². The molecule has 0 aromatic heterocycles. The summed E-state index contributed by atoms with van der Waals surface area (Å²) in [5, 5.41) is 6.45. The van der Waals surface area contributed by atoms with Crippen molar-refractivity contribution in [3.8, 4) is 5.75 Å². The van der Waals surface area contributed by atoms with E-state index in [9.17, 15) is 4.79 Å². The van der Waals surface area contributed by atoms with Gasteiger partial charge in [-0.25, -0.2) is 4.79 Å². The molecule has 0 bridgehead atoms. The van der Waals surface area contributed by atoms with Crippen LogP contribution in [-0.4, -0.2) is 38.7 Å². The first kappa shape index (κ1) is 19.4. The summed E-state index contributed by atoms with van der Waals surface area (Å²) in [7, 11) is 5.56. The van der Waals surface area contributed by atoms with Crippen LogP contribution in [0.1, 0.15) is 11.6 Å². The molecule has 2 N–H and O–H groups in total. The summed E-state index contributed by atoms with van der Waals surface area (Å²) in [6.45, 7) is 0.451. The molecule has 0 aliphatic rings. The van der Waals surface area contributed by atoms with Gasteiger partial charge < -0.3 is 20.3 Å². The summed E-state index contributed by atoms with van der Waals surface area (Å²) in [6.07, 6.45) is 0. The molecule has 2 amide bonds.